The molecule has 1 fully saturated rings. The van der Waals surface area contributed by atoms with Crippen molar-refractivity contribution in [3.05, 3.63) is 119 Å². The van der Waals surface area contributed by atoms with E-state index in [0.717, 1.165) is 0 Å². The predicted octanol–water partition coefficient (Wildman–Crippen LogP) is 5.80. The molecule has 1 heterocycles. The van der Waals surface area contributed by atoms with E-state index in [1.807, 2.05) is 30.3 Å². The van der Waals surface area contributed by atoms with Crippen molar-refractivity contribution < 1.29 is 22.7 Å². The number of rotatable bonds is 6. The molecule has 10 heteroatoms. The lowest BCUT2D eigenvalue weighted by Gasteiger charge is -2.29. The first-order valence-electron chi connectivity index (χ1n) is 11.6. The molecule has 1 aliphatic rings. The normalized spacial score (nSPS) is 14.8. The highest BCUT2D eigenvalue weighted by atomic mass is 35.5. The summed E-state index contributed by atoms with van der Waals surface area (Å²) in [6, 6.07) is 27.7. The molecule has 7 nitrogen and oxygen atoms in total. The number of hydrogen-bond donors (Lipinski definition) is 1. The number of carbonyl (C=O) groups excluding carboxylic acids is 2. The molecule has 0 atom stereocenters. The molecule has 4 aromatic rings. The lowest BCUT2D eigenvalue weighted by molar-refractivity contribution is -0.122. The van der Waals surface area contributed by atoms with E-state index >= 15 is 0 Å². The minimum absolute atomic E-state index is 0.0525. The van der Waals surface area contributed by atoms with Crippen LogP contribution in [-0.4, -0.2) is 25.3 Å². The first kappa shape index (κ1) is 26.3. The van der Waals surface area contributed by atoms with E-state index in [-0.39, 0.29) is 20.5 Å². The molecule has 0 saturated carbocycles. The zero-order valence-corrected chi connectivity index (χ0v) is 22.5. The monoisotopic (exact) mass is 574 g/mol. The fourth-order valence-corrected chi connectivity index (χ4v) is 5.51. The van der Waals surface area contributed by atoms with E-state index in [1.54, 1.807) is 24.3 Å². The maximum absolute atomic E-state index is 13.3. The number of carbonyl (C=O) groups is 2. The molecule has 0 aromatic heterocycles. The Hall–Kier alpha value is -4.31. The minimum atomic E-state index is -3.76. The maximum atomic E-state index is 13.3. The Balaban J connectivity index is 1.38. The fourth-order valence-electron chi connectivity index (χ4n) is 3.84. The Labute approximate surface area is 235 Å². The summed E-state index contributed by atoms with van der Waals surface area (Å²) >= 11 is 11.1. The van der Waals surface area contributed by atoms with Gasteiger partial charge in [0.2, 0.25) is 9.84 Å². The lowest BCUT2D eigenvalue weighted by Crippen LogP contribution is -2.54. The van der Waals surface area contributed by atoms with Gasteiger partial charge in [-0.25, -0.2) is 8.42 Å². The zero-order valence-electron chi connectivity index (χ0n) is 20.1. The number of anilines is 1. The number of sulfone groups is 1. The Morgan fingerprint density at radius 3 is 1.95 bits per heavy atom. The molecule has 2 amide bonds. The Morgan fingerprint density at radius 1 is 0.769 bits per heavy atom. The van der Waals surface area contributed by atoms with Gasteiger partial charge in [0.25, 0.3) is 11.8 Å². The molecule has 39 heavy (non-hydrogen) atoms. The molecule has 5 rings (SSSR count). The molecule has 194 valence electrons. The highest BCUT2D eigenvalue weighted by Gasteiger charge is 2.34. The number of ether oxygens (including phenoxy) is 1. The van der Waals surface area contributed by atoms with Gasteiger partial charge in [0.1, 0.15) is 17.1 Å². The summed E-state index contributed by atoms with van der Waals surface area (Å²) in [7, 11) is -3.76. The van der Waals surface area contributed by atoms with Crippen LogP contribution in [0.3, 0.4) is 0 Å². The number of benzene rings is 4. The molecule has 0 spiro atoms. The minimum Gasteiger partial charge on any atom is -0.457 e. The van der Waals surface area contributed by atoms with Crippen molar-refractivity contribution in [3.63, 3.8) is 0 Å². The number of halogens is 1. The Morgan fingerprint density at radius 2 is 1.33 bits per heavy atom. The van der Waals surface area contributed by atoms with Gasteiger partial charge < -0.3 is 4.74 Å². The van der Waals surface area contributed by atoms with E-state index in [4.69, 9.17) is 28.6 Å². The average molecular weight is 575 g/mol. The molecule has 0 unspecified atom stereocenters. The number of nitrogens with one attached hydrogen (secondary N) is 1. The van der Waals surface area contributed by atoms with Crippen molar-refractivity contribution in [2.24, 2.45) is 0 Å². The van der Waals surface area contributed by atoms with E-state index in [1.165, 1.54) is 59.5 Å². The summed E-state index contributed by atoms with van der Waals surface area (Å²) in [5.74, 6) is -0.0328. The summed E-state index contributed by atoms with van der Waals surface area (Å²) in [6.45, 7) is 0. The Kier molecular flexibility index (Phi) is 7.30. The van der Waals surface area contributed by atoms with Crippen molar-refractivity contribution in [1.82, 2.24) is 5.32 Å². The molecule has 0 radical (unpaired) electrons. The van der Waals surface area contributed by atoms with E-state index in [2.05, 4.69) is 5.32 Å². The van der Waals surface area contributed by atoms with Crippen molar-refractivity contribution in [2.45, 2.75) is 9.79 Å². The number of amides is 2. The molecule has 4 aromatic carbocycles. The van der Waals surface area contributed by atoms with Crippen molar-refractivity contribution in [3.8, 4) is 11.5 Å². The van der Waals surface area contributed by atoms with Gasteiger partial charge in [-0.1, -0.05) is 41.9 Å². The van der Waals surface area contributed by atoms with Crippen LogP contribution in [-0.2, 0) is 19.4 Å². The number of thiocarbonyl (C=S) groups is 1. The standard InChI is InChI=1S/C29H19ClN2O5S2/c30-20-8-16-25(17-9-20)39(35,36)24-14-6-19(7-15-24)18-26-27(33)31-29(38)32(28(26)34)21-10-12-23(13-11-21)37-22-4-2-1-3-5-22/h1-18H,(H,31,33,38)/b26-18+. The summed E-state index contributed by atoms with van der Waals surface area (Å²) in [5.41, 5.74) is 0.755. The first-order chi connectivity index (χ1) is 18.7. The summed E-state index contributed by atoms with van der Waals surface area (Å²) in [5, 5.41) is 2.91. The van der Waals surface area contributed by atoms with E-state index in [0.29, 0.717) is 27.8 Å². The largest absolute Gasteiger partial charge is 0.457 e. The number of hydrogen-bond acceptors (Lipinski definition) is 6. The molecule has 1 saturated heterocycles. The maximum Gasteiger partial charge on any atom is 0.270 e. The van der Waals surface area contributed by atoms with Crippen LogP contribution in [0.15, 0.2) is 118 Å². The lowest BCUT2D eigenvalue weighted by atomic mass is 10.1. The molecular weight excluding hydrogens is 556 g/mol. The topological polar surface area (TPSA) is 92.8 Å². The van der Waals surface area contributed by atoms with Crippen LogP contribution < -0.4 is 15.0 Å². The van der Waals surface area contributed by atoms with Crippen LogP contribution in [0.1, 0.15) is 5.56 Å². The van der Waals surface area contributed by atoms with Crippen LogP contribution in [0.4, 0.5) is 5.69 Å². The average Bonchev–Trinajstić information content (AvgIpc) is 2.93. The van der Waals surface area contributed by atoms with Crippen LogP contribution in [0, 0.1) is 0 Å². The van der Waals surface area contributed by atoms with Gasteiger partial charge in [-0.15, -0.1) is 0 Å². The zero-order chi connectivity index (χ0) is 27.6. The number of para-hydroxylation sites is 1. The quantitative estimate of drug-likeness (QED) is 0.178. The second-order valence-corrected chi connectivity index (χ2v) is 11.2. The van der Waals surface area contributed by atoms with Gasteiger partial charge in [0.05, 0.1) is 15.5 Å². The second-order valence-electron chi connectivity index (χ2n) is 8.39. The molecular formula is C29H19ClN2O5S2. The van der Waals surface area contributed by atoms with Crippen LogP contribution in [0.25, 0.3) is 6.08 Å². The van der Waals surface area contributed by atoms with Gasteiger partial charge in [0.15, 0.2) is 5.11 Å². The molecule has 1 aliphatic heterocycles. The highest BCUT2D eigenvalue weighted by Crippen LogP contribution is 2.28. The fraction of sp³-hybridized carbons (Fsp3) is 0. The van der Waals surface area contributed by atoms with Crippen LogP contribution in [0.2, 0.25) is 5.02 Å². The number of nitrogens with zero attached hydrogens (tertiary/aromatic N) is 1. The summed E-state index contributed by atoms with van der Waals surface area (Å²) in [4.78, 5) is 27.4. The smallest absolute Gasteiger partial charge is 0.270 e. The van der Waals surface area contributed by atoms with Gasteiger partial charge in [-0.3, -0.25) is 19.8 Å². The van der Waals surface area contributed by atoms with E-state index in [9.17, 15) is 18.0 Å². The third-order valence-electron chi connectivity index (χ3n) is 5.80. The van der Waals surface area contributed by atoms with E-state index < -0.39 is 21.7 Å². The van der Waals surface area contributed by atoms with Crippen molar-refractivity contribution in [2.75, 3.05) is 4.90 Å². The van der Waals surface area contributed by atoms with Crippen LogP contribution in [0.5, 0.6) is 11.5 Å². The third kappa shape index (κ3) is 5.61. The molecule has 0 aliphatic carbocycles. The predicted molar refractivity (Wildman–Crippen MR) is 153 cm³/mol. The van der Waals surface area contributed by atoms with Gasteiger partial charge in [-0.05, 0) is 96.7 Å². The van der Waals surface area contributed by atoms with Gasteiger partial charge >= 0.3 is 0 Å². The van der Waals surface area contributed by atoms with Gasteiger partial charge in [0, 0.05) is 5.02 Å². The summed E-state index contributed by atoms with van der Waals surface area (Å²) < 4.78 is 31.6. The summed E-state index contributed by atoms with van der Waals surface area (Å²) in [6.07, 6.45) is 1.39. The SMILES string of the molecule is O=C1NC(=S)N(c2ccc(Oc3ccccc3)cc2)C(=O)/C1=C/c1ccc(S(=O)(=O)c2ccc(Cl)cc2)cc1. The van der Waals surface area contributed by atoms with Crippen molar-refractivity contribution in [1.29, 1.82) is 0 Å². The molecule has 0 bridgehead atoms. The second kappa shape index (κ2) is 10.8. The van der Waals surface area contributed by atoms with Crippen molar-refractivity contribution >= 4 is 62.3 Å². The third-order valence-corrected chi connectivity index (χ3v) is 8.12. The first-order valence-corrected chi connectivity index (χ1v) is 13.8. The molecule has 1 N–H and O–H groups in total. The van der Waals surface area contributed by atoms with Gasteiger partial charge in [-0.2, -0.15) is 0 Å². The Bertz CT molecular complexity index is 1700. The van der Waals surface area contributed by atoms with Crippen LogP contribution >= 0.6 is 23.8 Å². The highest BCUT2D eigenvalue weighted by molar-refractivity contribution is 7.91.